The molecule has 3 heteroatoms. The largest absolute Gasteiger partial charge is 0.289 e. The summed E-state index contributed by atoms with van der Waals surface area (Å²) in [5.41, 5.74) is 1.70. The van der Waals surface area contributed by atoms with E-state index < -0.39 is 0 Å². The zero-order chi connectivity index (χ0) is 12.5. The molecule has 0 saturated heterocycles. The number of carbonyl (C=O) groups is 1. The van der Waals surface area contributed by atoms with Crippen LogP contribution >= 0.6 is 23.5 Å². The number of carbonyl (C=O) groups excluding carboxylic acids is 1. The van der Waals surface area contributed by atoms with Gasteiger partial charge in [-0.1, -0.05) is 44.2 Å². The molecule has 0 aliphatic heterocycles. The van der Waals surface area contributed by atoms with Crippen LogP contribution < -0.4 is 0 Å². The fraction of sp³-hybridized carbons (Fsp3) is 0.357. The van der Waals surface area contributed by atoms with E-state index in [2.05, 4.69) is 13.8 Å². The van der Waals surface area contributed by atoms with Crippen molar-refractivity contribution in [3.63, 3.8) is 0 Å². The van der Waals surface area contributed by atoms with Crippen LogP contribution in [0.5, 0.6) is 0 Å². The average molecular weight is 266 g/mol. The minimum absolute atomic E-state index is 0.160. The van der Waals surface area contributed by atoms with Gasteiger partial charge < -0.3 is 0 Å². The van der Waals surface area contributed by atoms with Gasteiger partial charge in [0.05, 0.1) is 0 Å². The molecule has 1 aromatic rings. The quantitative estimate of drug-likeness (QED) is 0.542. The molecule has 1 rings (SSSR count). The highest BCUT2D eigenvalue weighted by Crippen LogP contribution is 2.17. The Morgan fingerprint density at radius 2 is 1.88 bits per heavy atom. The topological polar surface area (TPSA) is 17.1 Å². The van der Waals surface area contributed by atoms with Crippen LogP contribution in [0.25, 0.3) is 0 Å². The average Bonchev–Trinajstić information content (AvgIpc) is 2.39. The molecule has 1 aromatic carbocycles. The zero-order valence-electron chi connectivity index (χ0n) is 10.3. The third-order valence-corrected chi connectivity index (χ3v) is 3.89. The Morgan fingerprint density at radius 1 is 1.18 bits per heavy atom. The third-order valence-electron chi connectivity index (χ3n) is 2.18. The molecule has 0 spiro atoms. The second kappa shape index (κ2) is 8.43. The third kappa shape index (κ3) is 5.00. The number of hydrogen-bond donors (Lipinski definition) is 0. The van der Waals surface area contributed by atoms with Crippen molar-refractivity contribution in [2.24, 2.45) is 0 Å². The summed E-state index contributed by atoms with van der Waals surface area (Å²) < 4.78 is 0. The van der Waals surface area contributed by atoms with E-state index in [9.17, 15) is 4.79 Å². The Labute approximate surface area is 112 Å². The van der Waals surface area contributed by atoms with Crippen LogP contribution in [-0.2, 0) is 0 Å². The predicted octanol–water partition coefficient (Wildman–Crippen LogP) is 4.26. The van der Waals surface area contributed by atoms with Crippen LogP contribution in [0, 0.1) is 0 Å². The monoisotopic (exact) mass is 266 g/mol. The molecule has 0 saturated carbocycles. The molecular formula is C14H18OS2. The number of hydrogen-bond acceptors (Lipinski definition) is 3. The lowest BCUT2D eigenvalue weighted by Gasteiger charge is -2.05. The molecule has 0 N–H and O–H groups in total. The van der Waals surface area contributed by atoms with Crippen LogP contribution in [0.3, 0.4) is 0 Å². The summed E-state index contributed by atoms with van der Waals surface area (Å²) in [6, 6.07) is 9.50. The summed E-state index contributed by atoms with van der Waals surface area (Å²) in [4.78, 5) is 12.3. The number of rotatable bonds is 7. The summed E-state index contributed by atoms with van der Waals surface area (Å²) >= 11 is 3.48. The maximum Gasteiger partial charge on any atom is 0.190 e. The van der Waals surface area contributed by atoms with Gasteiger partial charge in [-0.15, -0.1) is 11.8 Å². The van der Waals surface area contributed by atoms with E-state index in [0.717, 1.165) is 28.4 Å². The summed E-state index contributed by atoms with van der Waals surface area (Å²) in [7, 11) is 0. The molecule has 0 aromatic heterocycles. The Morgan fingerprint density at radius 3 is 2.47 bits per heavy atom. The molecule has 0 atom stereocenters. The number of benzene rings is 1. The molecule has 0 heterocycles. The molecule has 0 radical (unpaired) electrons. The van der Waals surface area contributed by atoms with Gasteiger partial charge >= 0.3 is 0 Å². The van der Waals surface area contributed by atoms with Crippen molar-refractivity contribution in [1.82, 2.24) is 0 Å². The Balaban J connectivity index is 2.79. The van der Waals surface area contributed by atoms with Gasteiger partial charge in [-0.25, -0.2) is 0 Å². The van der Waals surface area contributed by atoms with Crippen molar-refractivity contribution < 1.29 is 4.79 Å². The molecule has 0 aliphatic carbocycles. The minimum atomic E-state index is 0.160. The van der Waals surface area contributed by atoms with Crippen molar-refractivity contribution in [2.45, 2.75) is 13.8 Å². The van der Waals surface area contributed by atoms with Crippen LogP contribution in [0.15, 0.2) is 41.3 Å². The molecule has 0 fully saturated rings. The highest BCUT2D eigenvalue weighted by molar-refractivity contribution is 8.02. The molecular weight excluding hydrogens is 248 g/mol. The second-order valence-corrected chi connectivity index (χ2v) is 5.85. The highest BCUT2D eigenvalue weighted by Gasteiger charge is 2.11. The number of thioether (sulfide) groups is 2. The maximum absolute atomic E-state index is 12.3. The second-order valence-electron chi connectivity index (χ2n) is 3.43. The van der Waals surface area contributed by atoms with Crippen LogP contribution in [-0.4, -0.2) is 23.0 Å². The van der Waals surface area contributed by atoms with Gasteiger partial charge in [0.25, 0.3) is 0 Å². The first-order valence-electron chi connectivity index (χ1n) is 5.77. The SMILES string of the molecule is CCS/C=C(\CSCC)C(=O)c1ccccc1. The van der Waals surface area contributed by atoms with Gasteiger partial charge in [-0.3, -0.25) is 4.79 Å². The Kier molecular flexibility index (Phi) is 7.13. The van der Waals surface area contributed by atoms with Gasteiger partial charge in [-0.05, 0) is 16.9 Å². The van der Waals surface area contributed by atoms with Crippen LogP contribution in [0.2, 0.25) is 0 Å². The van der Waals surface area contributed by atoms with Gasteiger partial charge in [0.2, 0.25) is 0 Å². The van der Waals surface area contributed by atoms with E-state index in [4.69, 9.17) is 0 Å². The summed E-state index contributed by atoms with van der Waals surface area (Å²) in [5.74, 6) is 3.00. The summed E-state index contributed by atoms with van der Waals surface area (Å²) in [6.45, 7) is 4.21. The van der Waals surface area contributed by atoms with Gasteiger partial charge in [-0.2, -0.15) is 11.8 Å². The Bertz CT molecular complexity index is 371. The van der Waals surface area contributed by atoms with E-state index in [1.165, 1.54) is 0 Å². The fourth-order valence-electron chi connectivity index (χ4n) is 1.32. The molecule has 1 nitrogen and oxygen atoms in total. The van der Waals surface area contributed by atoms with E-state index >= 15 is 0 Å². The van der Waals surface area contributed by atoms with E-state index in [-0.39, 0.29) is 5.78 Å². The lowest BCUT2D eigenvalue weighted by atomic mass is 10.1. The van der Waals surface area contributed by atoms with Gasteiger partial charge in [0.15, 0.2) is 5.78 Å². The minimum Gasteiger partial charge on any atom is -0.289 e. The fourth-order valence-corrected chi connectivity index (χ4v) is 2.63. The van der Waals surface area contributed by atoms with Crippen molar-refractivity contribution in [3.8, 4) is 0 Å². The molecule has 0 bridgehead atoms. The summed E-state index contributed by atoms with van der Waals surface area (Å²) in [6.07, 6.45) is 0. The van der Waals surface area contributed by atoms with Gasteiger partial charge in [0.1, 0.15) is 0 Å². The molecule has 17 heavy (non-hydrogen) atoms. The standard InChI is InChI=1S/C14H18OS2/c1-3-16-10-13(11-17-4-2)14(15)12-8-6-5-7-9-12/h5-10H,3-4,11H2,1-2H3/b13-10+. The lowest BCUT2D eigenvalue weighted by molar-refractivity contribution is 0.103. The van der Waals surface area contributed by atoms with E-state index in [1.54, 1.807) is 23.5 Å². The lowest BCUT2D eigenvalue weighted by Crippen LogP contribution is -2.05. The summed E-state index contributed by atoms with van der Waals surface area (Å²) in [5, 5.41) is 2.01. The molecule has 0 amide bonds. The van der Waals surface area contributed by atoms with Crippen LogP contribution in [0.1, 0.15) is 24.2 Å². The molecule has 0 aliphatic rings. The van der Waals surface area contributed by atoms with E-state index in [0.29, 0.717) is 0 Å². The highest BCUT2D eigenvalue weighted by atomic mass is 32.2. The molecule has 92 valence electrons. The van der Waals surface area contributed by atoms with Crippen molar-refractivity contribution in [2.75, 3.05) is 17.3 Å². The predicted molar refractivity (Wildman–Crippen MR) is 80.0 cm³/mol. The Hall–Kier alpha value is -0.670. The maximum atomic E-state index is 12.3. The first kappa shape index (κ1) is 14.4. The zero-order valence-corrected chi connectivity index (χ0v) is 11.9. The van der Waals surface area contributed by atoms with Crippen LogP contribution in [0.4, 0.5) is 0 Å². The van der Waals surface area contributed by atoms with Crippen molar-refractivity contribution in [3.05, 3.63) is 46.9 Å². The van der Waals surface area contributed by atoms with Gasteiger partial charge in [0, 0.05) is 16.9 Å². The number of Topliss-reactive ketones (excluding diaryl/α,β-unsaturated/α-hetero) is 1. The van der Waals surface area contributed by atoms with Crippen molar-refractivity contribution in [1.29, 1.82) is 0 Å². The first-order chi connectivity index (χ1) is 8.29. The molecule has 0 unspecified atom stereocenters. The number of ketones is 1. The normalized spacial score (nSPS) is 11.5. The van der Waals surface area contributed by atoms with Crippen molar-refractivity contribution >= 4 is 29.3 Å². The first-order valence-corrected chi connectivity index (χ1v) is 7.98. The van der Waals surface area contributed by atoms with E-state index in [1.807, 2.05) is 35.7 Å². The smallest absolute Gasteiger partial charge is 0.190 e.